The van der Waals surface area contributed by atoms with Gasteiger partial charge < -0.3 is 34.6 Å². The zero-order chi connectivity index (χ0) is 31.9. The van der Waals surface area contributed by atoms with Crippen molar-refractivity contribution in [3.8, 4) is 0 Å². The number of allylic oxidation sites excluding steroid dienone is 5. The molecule has 0 amide bonds. The Morgan fingerprint density at radius 2 is 1.79 bits per heavy atom. The molecule has 4 N–H and O–H groups in total. The summed E-state index contributed by atoms with van der Waals surface area (Å²) in [6.07, 6.45) is 6.13. The zero-order valence-electron chi connectivity index (χ0n) is 27.3. The van der Waals surface area contributed by atoms with Gasteiger partial charge in [0.25, 0.3) is 0 Å². The monoisotopic (exact) mass is 592 g/mol. The van der Waals surface area contributed by atoms with Crippen LogP contribution in [-0.2, 0) is 19.0 Å². The Kier molecular flexibility index (Phi) is 13.7. The van der Waals surface area contributed by atoms with Crippen molar-refractivity contribution < 1.29 is 39.4 Å². The number of carbonyl (C=O) groups is 1. The molecule has 0 unspecified atom stereocenters. The van der Waals surface area contributed by atoms with E-state index in [0.29, 0.717) is 18.4 Å². The summed E-state index contributed by atoms with van der Waals surface area (Å²) in [4.78, 5) is 13.3. The van der Waals surface area contributed by atoms with Gasteiger partial charge >= 0.3 is 5.97 Å². The lowest BCUT2D eigenvalue weighted by atomic mass is 9.77. The summed E-state index contributed by atoms with van der Waals surface area (Å²) in [5.74, 6) is -4.02. The van der Waals surface area contributed by atoms with Crippen molar-refractivity contribution in [2.75, 3.05) is 7.11 Å². The summed E-state index contributed by atoms with van der Waals surface area (Å²) < 4.78 is 17.9. The molecule has 8 heteroatoms. The average Bonchev–Trinajstić information content (AvgIpc) is 2.93. The summed E-state index contributed by atoms with van der Waals surface area (Å²) in [6.45, 7) is 16.8. The Balaban J connectivity index is 2.47. The first kappa shape index (κ1) is 36.4. The van der Waals surface area contributed by atoms with Crippen LogP contribution in [0.5, 0.6) is 0 Å². The van der Waals surface area contributed by atoms with Crippen molar-refractivity contribution in [3.63, 3.8) is 0 Å². The van der Waals surface area contributed by atoms with Crippen molar-refractivity contribution >= 4 is 5.97 Å². The van der Waals surface area contributed by atoms with Crippen LogP contribution in [0.1, 0.15) is 81.6 Å². The van der Waals surface area contributed by atoms with Crippen molar-refractivity contribution in [1.82, 2.24) is 0 Å². The molecule has 2 heterocycles. The van der Waals surface area contributed by atoms with Gasteiger partial charge in [0.1, 0.15) is 12.2 Å². The molecule has 1 saturated heterocycles. The summed E-state index contributed by atoms with van der Waals surface area (Å²) >= 11 is 0. The SMILES string of the molecule is CC[C@@H]1O[C@](O)([C@H](C)[C@H](O)[C@H](C)[C@H]2OC(=O)/C(C)=C/C(C)=C/[C@H](C)[C@@H](O)[C@@H](C)C/C(C)=C/C=C/[C@@H]2OC)C[C@H](O)[C@@H]1C. The highest BCUT2D eigenvalue weighted by Gasteiger charge is 2.50. The van der Waals surface area contributed by atoms with Gasteiger partial charge in [0, 0.05) is 42.8 Å². The summed E-state index contributed by atoms with van der Waals surface area (Å²) in [6, 6.07) is 0. The van der Waals surface area contributed by atoms with Crippen molar-refractivity contribution in [2.45, 2.75) is 124 Å². The second-order valence-corrected chi connectivity index (χ2v) is 12.9. The first-order chi connectivity index (χ1) is 19.6. The van der Waals surface area contributed by atoms with Crippen LogP contribution in [0.2, 0.25) is 0 Å². The van der Waals surface area contributed by atoms with Gasteiger partial charge in [-0.25, -0.2) is 4.79 Å². The Bertz CT molecular complexity index is 1020. The molecule has 1 fully saturated rings. The molecule has 8 nitrogen and oxygen atoms in total. The smallest absolute Gasteiger partial charge is 0.334 e. The number of rotatable bonds is 6. The lowest BCUT2D eigenvalue weighted by molar-refractivity contribution is -0.322. The lowest BCUT2D eigenvalue weighted by Crippen LogP contribution is -2.58. The van der Waals surface area contributed by atoms with E-state index in [1.165, 1.54) is 7.11 Å². The number of methoxy groups -OCH3 is 1. The normalized spacial score (nSPS) is 42.5. The number of hydrogen-bond donors (Lipinski definition) is 4. The van der Waals surface area contributed by atoms with Gasteiger partial charge in [0.2, 0.25) is 0 Å². The maximum absolute atomic E-state index is 13.3. The van der Waals surface area contributed by atoms with Crippen LogP contribution in [-0.4, -0.2) is 75.9 Å². The molecule has 0 bridgehead atoms. The van der Waals surface area contributed by atoms with E-state index < -0.39 is 54.1 Å². The molecular weight excluding hydrogens is 536 g/mol. The molecule has 0 saturated carbocycles. The van der Waals surface area contributed by atoms with Gasteiger partial charge in [0.05, 0.1) is 24.4 Å². The largest absolute Gasteiger partial charge is 0.456 e. The highest BCUT2D eigenvalue weighted by atomic mass is 16.6. The van der Waals surface area contributed by atoms with Crippen molar-refractivity contribution in [3.05, 3.63) is 47.1 Å². The molecule has 0 aliphatic carbocycles. The average molecular weight is 593 g/mol. The molecule has 0 aromatic rings. The lowest BCUT2D eigenvalue weighted by Gasteiger charge is -2.48. The van der Waals surface area contributed by atoms with Gasteiger partial charge in [0.15, 0.2) is 5.79 Å². The third-order valence-electron chi connectivity index (χ3n) is 9.31. The van der Waals surface area contributed by atoms with E-state index >= 15 is 0 Å². The predicted molar refractivity (Wildman–Crippen MR) is 164 cm³/mol. The zero-order valence-corrected chi connectivity index (χ0v) is 27.3. The van der Waals surface area contributed by atoms with Gasteiger partial charge in [-0.15, -0.1) is 0 Å². The topological polar surface area (TPSA) is 126 Å². The fraction of sp³-hybridized carbons (Fsp3) is 0.735. The fourth-order valence-corrected chi connectivity index (χ4v) is 6.33. The Morgan fingerprint density at radius 3 is 2.38 bits per heavy atom. The maximum atomic E-state index is 13.3. The van der Waals surface area contributed by atoms with E-state index in [-0.39, 0.29) is 30.3 Å². The number of hydrogen-bond acceptors (Lipinski definition) is 8. The van der Waals surface area contributed by atoms with E-state index in [1.807, 2.05) is 59.8 Å². The Hall–Kier alpha value is -1.81. The quantitative estimate of drug-likeness (QED) is 0.322. The van der Waals surface area contributed by atoms with Crippen molar-refractivity contribution in [2.24, 2.45) is 29.6 Å². The van der Waals surface area contributed by atoms with E-state index in [1.54, 1.807) is 32.9 Å². The highest BCUT2D eigenvalue weighted by Crippen LogP contribution is 2.40. The van der Waals surface area contributed by atoms with Crippen LogP contribution in [0.25, 0.3) is 0 Å². The molecule has 2 aliphatic rings. The third kappa shape index (κ3) is 9.10. The third-order valence-corrected chi connectivity index (χ3v) is 9.31. The van der Waals surface area contributed by atoms with Crippen LogP contribution in [0.4, 0.5) is 0 Å². The van der Waals surface area contributed by atoms with Gasteiger partial charge in [-0.2, -0.15) is 0 Å². The van der Waals surface area contributed by atoms with Crippen LogP contribution < -0.4 is 0 Å². The number of carbonyl (C=O) groups excluding carboxylic acids is 1. The Morgan fingerprint density at radius 1 is 1.14 bits per heavy atom. The molecule has 2 aliphatic heterocycles. The van der Waals surface area contributed by atoms with Crippen molar-refractivity contribution in [1.29, 1.82) is 0 Å². The molecule has 0 radical (unpaired) electrons. The number of ether oxygens (including phenoxy) is 3. The van der Waals surface area contributed by atoms with E-state index in [2.05, 4.69) is 0 Å². The minimum Gasteiger partial charge on any atom is -0.456 e. The molecule has 2 rings (SSSR count). The standard InChI is InChI=1S/C34H56O8/c1-11-28-24(7)27(35)18-34(39,42-28)26(9)31(37)25(8)32-29(40-10)14-12-13-19(2)15-21(4)30(36)22(5)16-20(3)17-23(6)33(38)41-32/h12-14,16-17,21-22,24-32,35-37,39H,11,15,18H2,1-10H3/b14-12+,19-13+,20-16+,23-17+/t21-,22-,24-,25-,26+,27-,28-,29-,30-,31+,32+,34-/m0/s1. The molecule has 0 aromatic carbocycles. The number of cyclic esters (lactones) is 1. The van der Waals surface area contributed by atoms with E-state index in [4.69, 9.17) is 14.2 Å². The van der Waals surface area contributed by atoms with E-state index in [0.717, 1.165) is 11.1 Å². The molecule has 42 heavy (non-hydrogen) atoms. The minimum atomic E-state index is -1.75. The second-order valence-electron chi connectivity index (χ2n) is 12.9. The fourth-order valence-electron chi connectivity index (χ4n) is 6.33. The Labute approximate surface area is 253 Å². The van der Waals surface area contributed by atoms with E-state index in [9.17, 15) is 25.2 Å². The maximum Gasteiger partial charge on any atom is 0.334 e. The van der Waals surface area contributed by atoms with Gasteiger partial charge in [-0.1, -0.05) is 77.0 Å². The first-order valence-electron chi connectivity index (χ1n) is 15.4. The predicted octanol–water partition coefficient (Wildman–Crippen LogP) is 4.86. The van der Waals surface area contributed by atoms with Gasteiger partial charge in [-0.3, -0.25) is 0 Å². The molecule has 0 spiro atoms. The first-order valence-corrected chi connectivity index (χ1v) is 15.4. The number of esters is 1. The van der Waals surface area contributed by atoms with Crippen LogP contribution in [0, 0.1) is 29.6 Å². The molecule has 0 aromatic heterocycles. The summed E-state index contributed by atoms with van der Waals surface area (Å²) in [7, 11) is 1.52. The van der Waals surface area contributed by atoms with Crippen LogP contribution in [0.15, 0.2) is 47.1 Å². The molecule has 12 atom stereocenters. The van der Waals surface area contributed by atoms with Crippen LogP contribution in [0.3, 0.4) is 0 Å². The van der Waals surface area contributed by atoms with Crippen LogP contribution >= 0.6 is 0 Å². The molecular formula is C34H56O8. The summed E-state index contributed by atoms with van der Waals surface area (Å²) in [5, 5.41) is 44.6. The van der Waals surface area contributed by atoms with Gasteiger partial charge in [-0.05, 0) is 45.6 Å². The second kappa shape index (κ2) is 15.8. The highest BCUT2D eigenvalue weighted by molar-refractivity contribution is 5.88. The number of aliphatic hydroxyl groups excluding tert-OH is 3. The molecule has 240 valence electrons. The number of aliphatic hydroxyl groups is 4. The minimum absolute atomic E-state index is 0.0286. The summed E-state index contributed by atoms with van der Waals surface area (Å²) in [5.41, 5.74) is 2.28.